The zero-order chi connectivity index (χ0) is 26.1. The van der Waals surface area contributed by atoms with Crippen LogP contribution in [0.3, 0.4) is 0 Å². The molecule has 3 nitrogen and oxygen atoms in total. The average Bonchev–Trinajstić information content (AvgIpc) is 2.87. The molecule has 0 N–H and O–H groups in total. The lowest BCUT2D eigenvalue weighted by Gasteiger charge is -2.29. The van der Waals surface area contributed by atoms with E-state index < -0.39 is 4.33 Å². The van der Waals surface area contributed by atoms with Gasteiger partial charge in [-0.15, -0.1) is 18.2 Å². The van der Waals surface area contributed by atoms with Crippen molar-refractivity contribution in [1.29, 1.82) is 0 Å². The van der Waals surface area contributed by atoms with Gasteiger partial charge in [0.2, 0.25) is 0 Å². The molecule has 6 heteroatoms. The Balaban J connectivity index is 1.55. The van der Waals surface area contributed by atoms with E-state index in [2.05, 4.69) is 18.7 Å². The van der Waals surface area contributed by atoms with Crippen LogP contribution in [0.1, 0.15) is 68.9 Å². The first-order valence-corrected chi connectivity index (χ1v) is 14.2. The summed E-state index contributed by atoms with van der Waals surface area (Å²) in [5.41, 5.74) is 2.24. The molecule has 0 aliphatic heterocycles. The van der Waals surface area contributed by atoms with Crippen molar-refractivity contribution in [3.63, 3.8) is 0 Å². The quantitative estimate of drug-likeness (QED) is 0.0990. The highest BCUT2D eigenvalue weighted by Gasteiger charge is 2.38. The lowest BCUT2D eigenvalue weighted by Crippen LogP contribution is -2.43. The molecule has 2 aromatic rings. The lowest BCUT2D eigenvalue weighted by atomic mass is 10.0. The normalized spacial score (nSPS) is 12.3. The summed E-state index contributed by atoms with van der Waals surface area (Å²) in [5.74, 6) is -0.326. The van der Waals surface area contributed by atoms with Crippen LogP contribution >= 0.6 is 34.8 Å². The standard InChI is InChI=1S/C30H40Cl3NO2/c1-2-21-34(24-26-16-10-8-11-17-26)29(35)30(32,33)23-28(31)20-14-6-4-3-5-7-15-22-36-25-27-18-12-9-13-19-27/h2,8-13,16-19,28H,1,3-7,14-15,20-25H2. The maximum absolute atomic E-state index is 13.1. The maximum atomic E-state index is 13.1. The third kappa shape index (κ3) is 12.6. The van der Waals surface area contributed by atoms with Gasteiger partial charge in [-0.1, -0.05) is 128 Å². The molecule has 36 heavy (non-hydrogen) atoms. The molecule has 1 amide bonds. The van der Waals surface area contributed by atoms with Gasteiger partial charge in [0, 0.05) is 31.5 Å². The number of alkyl halides is 3. The first-order chi connectivity index (χ1) is 17.4. The van der Waals surface area contributed by atoms with E-state index in [9.17, 15) is 4.79 Å². The number of amides is 1. The molecule has 1 atom stereocenters. The summed E-state index contributed by atoms with van der Waals surface area (Å²) in [6.45, 7) is 6.07. The third-order valence-electron chi connectivity index (χ3n) is 6.06. The number of carbonyl (C=O) groups is 1. The van der Waals surface area contributed by atoms with Crippen LogP contribution in [0.5, 0.6) is 0 Å². The van der Waals surface area contributed by atoms with Gasteiger partial charge in [-0.3, -0.25) is 4.79 Å². The van der Waals surface area contributed by atoms with Gasteiger partial charge < -0.3 is 9.64 Å². The van der Waals surface area contributed by atoms with Crippen LogP contribution < -0.4 is 0 Å². The van der Waals surface area contributed by atoms with Crippen LogP contribution in [0.25, 0.3) is 0 Å². The summed E-state index contributed by atoms with van der Waals surface area (Å²) in [6.07, 6.45) is 10.8. The minimum atomic E-state index is -1.55. The van der Waals surface area contributed by atoms with Crippen molar-refractivity contribution in [2.75, 3.05) is 13.2 Å². The largest absolute Gasteiger partial charge is 0.377 e. The molecule has 0 saturated heterocycles. The monoisotopic (exact) mass is 551 g/mol. The molecule has 0 saturated carbocycles. The first kappa shape index (κ1) is 30.7. The van der Waals surface area contributed by atoms with Crippen molar-refractivity contribution in [2.24, 2.45) is 0 Å². The van der Waals surface area contributed by atoms with Gasteiger partial charge in [0.1, 0.15) is 0 Å². The third-order valence-corrected chi connectivity index (χ3v) is 7.07. The van der Waals surface area contributed by atoms with Crippen molar-refractivity contribution in [3.05, 3.63) is 84.4 Å². The molecule has 1 unspecified atom stereocenters. The topological polar surface area (TPSA) is 29.5 Å². The van der Waals surface area contributed by atoms with Crippen LogP contribution in [-0.4, -0.2) is 33.7 Å². The van der Waals surface area contributed by atoms with Gasteiger partial charge in [-0.05, 0) is 24.0 Å². The highest BCUT2D eigenvalue weighted by molar-refractivity contribution is 6.58. The van der Waals surface area contributed by atoms with Crippen molar-refractivity contribution in [1.82, 2.24) is 4.90 Å². The SMILES string of the molecule is C=CCN(Cc1ccccc1)C(=O)C(Cl)(Cl)CC(Cl)CCCCCCCCCOCc1ccccc1. The zero-order valence-corrected chi connectivity index (χ0v) is 23.5. The highest BCUT2D eigenvalue weighted by Crippen LogP contribution is 2.33. The number of hydrogen-bond acceptors (Lipinski definition) is 2. The second-order valence-electron chi connectivity index (χ2n) is 9.27. The second kappa shape index (κ2) is 17.9. The van der Waals surface area contributed by atoms with E-state index in [-0.39, 0.29) is 17.7 Å². The number of benzene rings is 2. The highest BCUT2D eigenvalue weighted by atomic mass is 35.5. The number of hydrogen-bond donors (Lipinski definition) is 0. The molecule has 0 aliphatic rings. The minimum absolute atomic E-state index is 0.224. The Bertz CT molecular complexity index is 861. The van der Waals surface area contributed by atoms with E-state index in [1.54, 1.807) is 11.0 Å². The summed E-state index contributed by atoms with van der Waals surface area (Å²) in [4.78, 5) is 14.7. The van der Waals surface area contributed by atoms with Gasteiger partial charge in [-0.25, -0.2) is 0 Å². The molecule has 0 aliphatic carbocycles. The molecule has 2 aromatic carbocycles. The average molecular weight is 553 g/mol. The molecule has 0 bridgehead atoms. The van der Waals surface area contributed by atoms with E-state index in [0.717, 1.165) is 37.9 Å². The lowest BCUT2D eigenvalue weighted by molar-refractivity contribution is -0.132. The summed E-state index contributed by atoms with van der Waals surface area (Å²) in [5, 5.41) is -0.243. The Morgan fingerprint density at radius 2 is 1.44 bits per heavy atom. The zero-order valence-electron chi connectivity index (χ0n) is 21.2. The smallest absolute Gasteiger partial charge is 0.259 e. The summed E-state index contributed by atoms with van der Waals surface area (Å²) in [6, 6.07) is 20.0. The Hall–Kier alpha value is -1.52. The number of rotatable bonds is 19. The predicted molar refractivity (Wildman–Crippen MR) is 154 cm³/mol. The second-order valence-corrected chi connectivity index (χ2v) is 11.4. The number of carbonyl (C=O) groups excluding carboxylic acids is 1. The van der Waals surface area contributed by atoms with E-state index in [4.69, 9.17) is 39.5 Å². The van der Waals surface area contributed by atoms with Crippen molar-refractivity contribution < 1.29 is 9.53 Å². The Kier molecular flexibility index (Phi) is 15.2. The maximum Gasteiger partial charge on any atom is 0.259 e. The van der Waals surface area contributed by atoms with Crippen molar-refractivity contribution in [3.8, 4) is 0 Å². The number of unbranched alkanes of at least 4 members (excludes halogenated alkanes) is 6. The van der Waals surface area contributed by atoms with Crippen LogP contribution in [0.2, 0.25) is 0 Å². The van der Waals surface area contributed by atoms with Crippen LogP contribution in [0.15, 0.2) is 73.3 Å². The molecule has 198 valence electrons. The molecule has 2 rings (SSSR count). The van der Waals surface area contributed by atoms with E-state index in [1.807, 2.05) is 48.5 Å². The number of halogens is 3. The molecule has 0 radical (unpaired) electrons. The van der Waals surface area contributed by atoms with Crippen LogP contribution in [0.4, 0.5) is 0 Å². The fourth-order valence-corrected chi connectivity index (χ4v) is 5.25. The van der Waals surface area contributed by atoms with E-state index in [1.165, 1.54) is 31.2 Å². The van der Waals surface area contributed by atoms with Gasteiger partial charge in [0.15, 0.2) is 4.33 Å². The fraction of sp³-hybridized carbons (Fsp3) is 0.500. The minimum Gasteiger partial charge on any atom is -0.377 e. The van der Waals surface area contributed by atoms with Gasteiger partial charge in [0.25, 0.3) is 5.91 Å². The Morgan fingerprint density at radius 1 is 0.889 bits per heavy atom. The molecule has 0 spiro atoms. The van der Waals surface area contributed by atoms with Gasteiger partial charge >= 0.3 is 0 Å². The molecule has 0 aromatic heterocycles. The predicted octanol–water partition coefficient (Wildman–Crippen LogP) is 8.71. The van der Waals surface area contributed by atoms with Crippen molar-refractivity contribution in [2.45, 2.75) is 80.6 Å². The molecular formula is C30H40Cl3NO2. The fourth-order valence-electron chi connectivity index (χ4n) is 4.10. The summed E-state index contributed by atoms with van der Waals surface area (Å²) >= 11 is 19.5. The van der Waals surface area contributed by atoms with Gasteiger partial charge in [0.05, 0.1) is 6.61 Å². The molecular weight excluding hydrogens is 513 g/mol. The Morgan fingerprint density at radius 3 is 2.06 bits per heavy atom. The molecule has 0 heterocycles. The van der Waals surface area contributed by atoms with Gasteiger partial charge in [-0.2, -0.15) is 0 Å². The first-order valence-electron chi connectivity index (χ1n) is 13.0. The Labute approximate surface area is 232 Å². The summed E-state index contributed by atoms with van der Waals surface area (Å²) in [7, 11) is 0. The number of nitrogens with zero attached hydrogens (tertiary/aromatic N) is 1. The van der Waals surface area contributed by atoms with E-state index >= 15 is 0 Å². The van der Waals surface area contributed by atoms with Crippen LogP contribution in [0, 0.1) is 0 Å². The van der Waals surface area contributed by atoms with Crippen molar-refractivity contribution >= 4 is 40.7 Å². The van der Waals surface area contributed by atoms with Crippen LogP contribution in [-0.2, 0) is 22.7 Å². The molecule has 0 fully saturated rings. The summed E-state index contributed by atoms with van der Waals surface area (Å²) < 4.78 is 4.19. The van der Waals surface area contributed by atoms with E-state index in [0.29, 0.717) is 19.7 Å². The number of ether oxygens (including phenoxy) is 1.